The monoisotopic (exact) mass is 312 g/mol. The van der Waals surface area contributed by atoms with Gasteiger partial charge in [-0.3, -0.25) is 15.4 Å². The number of nitrogens with zero attached hydrogens (tertiary/aromatic N) is 3. The number of anilines is 1. The van der Waals surface area contributed by atoms with Crippen molar-refractivity contribution in [3.8, 4) is 5.88 Å². The summed E-state index contributed by atoms with van der Waals surface area (Å²) in [5.74, 6) is 0.889. The van der Waals surface area contributed by atoms with Crippen molar-refractivity contribution in [1.82, 2.24) is 25.5 Å². The highest BCUT2D eigenvalue weighted by atomic mass is 16.5. The van der Waals surface area contributed by atoms with E-state index in [2.05, 4.69) is 30.8 Å². The number of methoxy groups -OCH3 is 1. The van der Waals surface area contributed by atoms with Crippen LogP contribution in [0, 0.1) is 6.92 Å². The van der Waals surface area contributed by atoms with E-state index in [0.29, 0.717) is 18.2 Å². The molecule has 0 saturated heterocycles. The van der Waals surface area contributed by atoms with Crippen LogP contribution >= 0.6 is 0 Å². The molecule has 3 heterocycles. The number of H-pyrrole nitrogens is 1. The number of aryl methyl sites for hydroxylation is 1. The molecule has 3 rings (SSSR count). The molecule has 23 heavy (non-hydrogen) atoms. The lowest BCUT2D eigenvalue weighted by atomic mass is 10.2. The van der Waals surface area contributed by atoms with Crippen LogP contribution < -0.4 is 15.4 Å². The summed E-state index contributed by atoms with van der Waals surface area (Å²) >= 11 is 0. The first-order chi connectivity index (χ1) is 11.2. The molecule has 0 saturated carbocycles. The SMILES string of the molecule is COc1n[nH]c2cc(NC(=O)NCc3cccnc3C)ncc12. The Bertz CT molecular complexity index is 845. The number of urea groups is 1. The van der Waals surface area contributed by atoms with Crippen molar-refractivity contribution in [3.05, 3.63) is 41.9 Å². The van der Waals surface area contributed by atoms with Crippen LogP contribution in [0.15, 0.2) is 30.6 Å². The summed E-state index contributed by atoms with van der Waals surface area (Å²) in [6, 6.07) is 5.11. The number of ether oxygens (including phenoxy) is 1. The van der Waals surface area contributed by atoms with Gasteiger partial charge in [0.2, 0.25) is 5.88 Å². The van der Waals surface area contributed by atoms with E-state index in [1.807, 2.05) is 19.1 Å². The third-order valence-electron chi connectivity index (χ3n) is 3.40. The zero-order chi connectivity index (χ0) is 16.2. The number of carbonyl (C=O) groups excluding carboxylic acids is 1. The zero-order valence-corrected chi connectivity index (χ0v) is 12.8. The second-order valence-corrected chi connectivity index (χ2v) is 4.90. The van der Waals surface area contributed by atoms with Gasteiger partial charge in [-0.05, 0) is 18.6 Å². The Balaban J connectivity index is 1.65. The van der Waals surface area contributed by atoms with Gasteiger partial charge in [0.05, 0.1) is 18.0 Å². The zero-order valence-electron chi connectivity index (χ0n) is 12.8. The van der Waals surface area contributed by atoms with E-state index < -0.39 is 0 Å². The number of aromatic amines is 1. The Morgan fingerprint density at radius 3 is 3.04 bits per heavy atom. The minimum absolute atomic E-state index is 0.341. The van der Waals surface area contributed by atoms with Crippen LogP contribution in [0.2, 0.25) is 0 Å². The summed E-state index contributed by atoms with van der Waals surface area (Å²) in [6.07, 6.45) is 3.31. The van der Waals surface area contributed by atoms with Crippen LogP contribution in [-0.2, 0) is 6.54 Å². The molecule has 8 nitrogen and oxygen atoms in total. The summed E-state index contributed by atoms with van der Waals surface area (Å²) in [4.78, 5) is 20.3. The van der Waals surface area contributed by atoms with Gasteiger partial charge in [-0.1, -0.05) is 6.07 Å². The van der Waals surface area contributed by atoms with Gasteiger partial charge in [0.1, 0.15) is 5.82 Å². The molecule has 0 aromatic carbocycles. The third-order valence-corrected chi connectivity index (χ3v) is 3.40. The van der Waals surface area contributed by atoms with E-state index in [0.717, 1.165) is 22.2 Å². The van der Waals surface area contributed by atoms with Gasteiger partial charge in [-0.15, -0.1) is 5.10 Å². The Hall–Kier alpha value is -3.16. The van der Waals surface area contributed by atoms with Crippen LogP contribution in [-0.4, -0.2) is 33.3 Å². The van der Waals surface area contributed by atoms with Crippen LogP contribution in [0.3, 0.4) is 0 Å². The average Bonchev–Trinajstić information content (AvgIpc) is 2.96. The molecule has 0 radical (unpaired) electrons. The van der Waals surface area contributed by atoms with Crippen LogP contribution in [0.5, 0.6) is 5.88 Å². The summed E-state index contributed by atoms with van der Waals surface area (Å²) in [5.41, 5.74) is 2.58. The highest BCUT2D eigenvalue weighted by molar-refractivity contribution is 5.91. The predicted octanol–water partition coefficient (Wildman–Crippen LogP) is 1.99. The first-order valence-corrected chi connectivity index (χ1v) is 7.01. The summed E-state index contributed by atoms with van der Waals surface area (Å²) in [6.45, 7) is 2.29. The van der Waals surface area contributed by atoms with Crippen molar-refractivity contribution in [2.45, 2.75) is 13.5 Å². The van der Waals surface area contributed by atoms with Crippen molar-refractivity contribution in [3.63, 3.8) is 0 Å². The van der Waals surface area contributed by atoms with Crippen molar-refractivity contribution in [2.24, 2.45) is 0 Å². The molecule has 0 aliphatic heterocycles. The molecule has 0 aliphatic carbocycles. The minimum Gasteiger partial charge on any atom is -0.479 e. The number of hydrogen-bond acceptors (Lipinski definition) is 5. The van der Waals surface area contributed by atoms with Gasteiger partial charge in [0.25, 0.3) is 0 Å². The molecule has 0 unspecified atom stereocenters. The van der Waals surface area contributed by atoms with E-state index in [1.54, 1.807) is 18.5 Å². The Morgan fingerprint density at radius 2 is 2.26 bits per heavy atom. The molecule has 0 fully saturated rings. The van der Waals surface area contributed by atoms with Crippen LogP contribution in [0.4, 0.5) is 10.6 Å². The van der Waals surface area contributed by atoms with Gasteiger partial charge < -0.3 is 10.1 Å². The van der Waals surface area contributed by atoms with E-state index in [-0.39, 0.29) is 6.03 Å². The molecule has 0 atom stereocenters. The fourth-order valence-electron chi connectivity index (χ4n) is 2.15. The van der Waals surface area contributed by atoms with Gasteiger partial charge in [-0.25, -0.2) is 9.78 Å². The van der Waals surface area contributed by atoms with Crippen molar-refractivity contribution >= 4 is 22.8 Å². The molecule has 3 N–H and O–H groups in total. The Labute approximate surface area is 132 Å². The molecule has 3 aromatic heterocycles. The quantitative estimate of drug-likeness (QED) is 0.683. The van der Waals surface area contributed by atoms with E-state index in [1.165, 1.54) is 7.11 Å². The number of fused-ring (bicyclic) bond motifs is 1. The van der Waals surface area contributed by atoms with Crippen molar-refractivity contribution in [2.75, 3.05) is 12.4 Å². The number of amides is 2. The second-order valence-electron chi connectivity index (χ2n) is 4.90. The normalized spacial score (nSPS) is 10.5. The fourth-order valence-corrected chi connectivity index (χ4v) is 2.15. The molecule has 118 valence electrons. The molecular weight excluding hydrogens is 296 g/mol. The smallest absolute Gasteiger partial charge is 0.320 e. The molecule has 0 spiro atoms. The maximum Gasteiger partial charge on any atom is 0.320 e. The summed E-state index contributed by atoms with van der Waals surface area (Å²) < 4.78 is 5.10. The maximum absolute atomic E-state index is 12.0. The number of carbonyl (C=O) groups is 1. The third kappa shape index (κ3) is 3.20. The Morgan fingerprint density at radius 1 is 1.39 bits per heavy atom. The summed E-state index contributed by atoms with van der Waals surface area (Å²) in [7, 11) is 1.54. The lowest BCUT2D eigenvalue weighted by Gasteiger charge is -2.08. The average molecular weight is 312 g/mol. The van der Waals surface area contributed by atoms with Gasteiger partial charge in [0, 0.05) is 30.7 Å². The molecule has 0 bridgehead atoms. The number of nitrogens with one attached hydrogen (secondary N) is 3. The lowest BCUT2D eigenvalue weighted by Crippen LogP contribution is -2.28. The molecular formula is C15H16N6O2. The summed E-state index contributed by atoms with van der Waals surface area (Å²) in [5, 5.41) is 13.0. The standard InChI is InChI=1S/C15H16N6O2/c1-9-10(4-3-5-16-9)7-18-15(22)19-13-6-12-11(8-17-13)14(23-2)21-20-12/h3-6,8H,7H2,1-2H3,(H,20,21)(H2,17,18,19,22). The first kappa shape index (κ1) is 14.8. The number of aromatic nitrogens is 4. The fraction of sp³-hybridized carbons (Fsp3) is 0.200. The highest BCUT2D eigenvalue weighted by Crippen LogP contribution is 2.22. The van der Waals surface area contributed by atoms with Crippen molar-refractivity contribution in [1.29, 1.82) is 0 Å². The van der Waals surface area contributed by atoms with Gasteiger partial charge >= 0.3 is 6.03 Å². The van der Waals surface area contributed by atoms with Crippen molar-refractivity contribution < 1.29 is 9.53 Å². The topological polar surface area (TPSA) is 105 Å². The van der Waals surface area contributed by atoms with Crippen LogP contribution in [0.1, 0.15) is 11.3 Å². The number of pyridine rings is 2. The highest BCUT2D eigenvalue weighted by Gasteiger charge is 2.09. The molecule has 2 amide bonds. The number of hydrogen-bond donors (Lipinski definition) is 3. The van der Waals surface area contributed by atoms with E-state index >= 15 is 0 Å². The molecule has 3 aromatic rings. The number of rotatable bonds is 4. The van der Waals surface area contributed by atoms with Gasteiger partial charge in [0.15, 0.2) is 0 Å². The predicted molar refractivity (Wildman–Crippen MR) is 85.3 cm³/mol. The second kappa shape index (κ2) is 6.30. The maximum atomic E-state index is 12.0. The minimum atomic E-state index is -0.341. The Kier molecular flexibility index (Phi) is 4.05. The van der Waals surface area contributed by atoms with Crippen LogP contribution in [0.25, 0.3) is 10.9 Å². The largest absolute Gasteiger partial charge is 0.479 e. The van der Waals surface area contributed by atoms with E-state index in [9.17, 15) is 4.79 Å². The lowest BCUT2D eigenvalue weighted by molar-refractivity contribution is 0.251. The van der Waals surface area contributed by atoms with E-state index in [4.69, 9.17) is 4.74 Å². The van der Waals surface area contributed by atoms with Gasteiger partial charge in [-0.2, -0.15) is 0 Å². The first-order valence-electron chi connectivity index (χ1n) is 7.01. The molecule has 8 heteroatoms. The molecule has 0 aliphatic rings.